The first kappa shape index (κ1) is 17.6. The second-order valence-electron chi connectivity index (χ2n) is 6.15. The molecule has 2 atom stereocenters. The predicted octanol–water partition coefficient (Wildman–Crippen LogP) is 1.63. The number of esters is 1. The van der Waals surface area contributed by atoms with Gasteiger partial charge in [-0.15, -0.1) is 11.8 Å². The van der Waals surface area contributed by atoms with Crippen LogP contribution >= 0.6 is 11.8 Å². The van der Waals surface area contributed by atoms with E-state index in [1.165, 1.54) is 0 Å². The molecule has 2 heterocycles. The van der Waals surface area contributed by atoms with Gasteiger partial charge >= 0.3 is 5.97 Å². The van der Waals surface area contributed by atoms with Gasteiger partial charge in [0.05, 0.1) is 12.0 Å². The van der Waals surface area contributed by atoms with Crippen molar-refractivity contribution in [2.75, 3.05) is 24.8 Å². The van der Waals surface area contributed by atoms with Gasteiger partial charge in [0, 0.05) is 17.9 Å². The molecule has 25 heavy (non-hydrogen) atoms. The lowest BCUT2D eigenvalue weighted by Crippen LogP contribution is -2.47. The van der Waals surface area contributed by atoms with E-state index in [0.717, 1.165) is 6.42 Å². The van der Waals surface area contributed by atoms with E-state index in [0.29, 0.717) is 23.6 Å². The van der Waals surface area contributed by atoms with Crippen LogP contribution in [0.15, 0.2) is 24.3 Å². The zero-order chi connectivity index (χ0) is 18.0. The number of hydrogen-bond donors (Lipinski definition) is 1. The summed E-state index contributed by atoms with van der Waals surface area (Å²) in [6, 6.07) is 6.22. The molecule has 0 aromatic heterocycles. The Morgan fingerprint density at radius 1 is 1.36 bits per heavy atom. The number of amides is 2. The lowest BCUT2D eigenvalue weighted by atomic mass is 10.2. The number of methoxy groups -OCH3 is 1. The van der Waals surface area contributed by atoms with E-state index in [1.807, 2.05) is 6.92 Å². The number of fused-ring (bicyclic) bond motifs is 1. The van der Waals surface area contributed by atoms with Crippen molar-refractivity contribution >= 4 is 35.2 Å². The summed E-state index contributed by atoms with van der Waals surface area (Å²) >= 11 is 1.59. The van der Waals surface area contributed by atoms with E-state index in [4.69, 9.17) is 9.47 Å². The maximum Gasteiger partial charge on any atom is 0.330 e. The van der Waals surface area contributed by atoms with Crippen LogP contribution in [0.2, 0.25) is 0 Å². The summed E-state index contributed by atoms with van der Waals surface area (Å²) in [5.74, 6) is 0.191. The molecule has 0 bridgehead atoms. The minimum atomic E-state index is -0.612. The summed E-state index contributed by atoms with van der Waals surface area (Å²) in [6.07, 6.45) is 1.18. The fraction of sp³-hybridized carbons (Fsp3) is 0.471. The highest BCUT2D eigenvalue weighted by molar-refractivity contribution is 8.01. The number of nitrogens with zero attached hydrogens (tertiary/aromatic N) is 1. The van der Waals surface area contributed by atoms with E-state index in [-0.39, 0.29) is 17.4 Å². The van der Waals surface area contributed by atoms with E-state index < -0.39 is 17.9 Å². The molecule has 0 spiro atoms. The van der Waals surface area contributed by atoms with Crippen LogP contribution < -0.4 is 10.1 Å². The number of nitrogens with one attached hydrogen (secondary N) is 1. The second-order valence-corrected chi connectivity index (χ2v) is 7.65. The third-order valence-electron chi connectivity index (χ3n) is 4.44. The highest BCUT2D eigenvalue weighted by atomic mass is 32.2. The Bertz CT molecular complexity index is 693. The number of rotatable bonds is 5. The van der Waals surface area contributed by atoms with Crippen molar-refractivity contribution in [1.82, 2.24) is 4.90 Å². The lowest BCUT2D eigenvalue weighted by Gasteiger charge is -2.29. The Balaban J connectivity index is 1.52. The number of benzene rings is 1. The molecule has 1 aromatic carbocycles. The van der Waals surface area contributed by atoms with Gasteiger partial charge in [-0.05, 0) is 37.6 Å². The first-order chi connectivity index (χ1) is 11.9. The zero-order valence-electron chi connectivity index (χ0n) is 14.1. The van der Waals surface area contributed by atoms with Crippen LogP contribution in [-0.4, -0.2) is 53.1 Å². The van der Waals surface area contributed by atoms with Crippen LogP contribution in [0.25, 0.3) is 0 Å². The maximum absolute atomic E-state index is 12.3. The molecule has 1 aromatic rings. The maximum atomic E-state index is 12.3. The van der Waals surface area contributed by atoms with Crippen LogP contribution in [0.1, 0.15) is 19.8 Å². The Labute approximate surface area is 150 Å². The molecule has 1 N–H and O–H groups in total. The number of thioether (sulfide) groups is 1. The van der Waals surface area contributed by atoms with Crippen LogP contribution in [-0.2, 0) is 19.1 Å². The molecule has 134 valence electrons. The molecule has 0 unspecified atom stereocenters. The van der Waals surface area contributed by atoms with Crippen molar-refractivity contribution < 1.29 is 23.9 Å². The summed E-state index contributed by atoms with van der Waals surface area (Å²) in [6.45, 7) is 1.58. The average molecular weight is 364 g/mol. The Kier molecular flexibility index (Phi) is 4.89. The second kappa shape index (κ2) is 6.95. The van der Waals surface area contributed by atoms with Crippen LogP contribution in [0.3, 0.4) is 0 Å². The van der Waals surface area contributed by atoms with E-state index in [1.54, 1.807) is 48.0 Å². The van der Waals surface area contributed by atoms with E-state index in [9.17, 15) is 14.4 Å². The first-order valence-corrected chi connectivity index (χ1v) is 8.98. The summed E-state index contributed by atoms with van der Waals surface area (Å²) in [5, 5.41) is 2.64. The number of ether oxygens (including phenoxy) is 2. The van der Waals surface area contributed by atoms with Crippen molar-refractivity contribution in [1.29, 1.82) is 0 Å². The Morgan fingerprint density at radius 2 is 2.08 bits per heavy atom. The van der Waals surface area contributed by atoms with Crippen molar-refractivity contribution in [3.05, 3.63) is 24.3 Å². The van der Waals surface area contributed by atoms with Gasteiger partial charge in [0.2, 0.25) is 5.91 Å². The summed E-state index contributed by atoms with van der Waals surface area (Å²) in [5.41, 5.74) is 0.584. The van der Waals surface area contributed by atoms with Crippen molar-refractivity contribution in [2.45, 2.75) is 30.7 Å². The number of carbonyl (C=O) groups is 3. The van der Waals surface area contributed by atoms with Gasteiger partial charge in [-0.1, -0.05) is 0 Å². The fourth-order valence-electron chi connectivity index (χ4n) is 3.10. The number of hydrogen-bond acceptors (Lipinski definition) is 6. The fourth-order valence-corrected chi connectivity index (χ4v) is 4.52. The van der Waals surface area contributed by atoms with Crippen molar-refractivity contribution in [2.24, 2.45) is 0 Å². The lowest BCUT2D eigenvalue weighted by molar-refractivity contribution is -0.155. The van der Waals surface area contributed by atoms with Crippen LogP contribution in [0.5, 0.6) is 5.75 Å². The third-order valence-corrected chi connectivity index (χ3v) is 5.94. The van der Waals surface area contributed by atoms with Crippen LogP contribution in [0.4, 0.5) is 5.69 Å². The highest BCUT2D eigenvalue weighted by Crippen LogP contribution is 2.47. The normalized spacial score (nSPS) is 24.8. The summed E-state index contributed by atoms with van der Waals surface area (Å²) in [7, 11) is 1.56. The molecule has 2 aliphatic rings. The molecule has 2 amide bonds. The molecule has 3 rings (SSSR count). The van der Waals surface area contributed by atoms with Gasteiger partial charge in [0.1, 0.15) is 11.8 Å². The topological polar surface area (TPSA) is 84.9 Å². The Hall–Kier alpha value is -2.22. The van der Waals surface area contributed by atoms with Gasteiger partial charge in [-0.3, -0.25) is 9.59 Å². The third kappa shape index (κ3) is 3.58. The quantitative estimate of drug-likeness (QED) is 0.800. The summed E-state index contributed by atoms with van der Waals surface area (Å²) in [4.78, 5) is 37.5. The zero-order valence-corrected chi connectivity index (χ0v) is 14.9. The molecule has 0 radical (unpaired) electrons. The molecule has 7 nitrogen and oxygen atoms in total. The average Bonchev–Trinajstić information content (AvgIpc) is 3.10. The van der Waals surface area contributed by atoms with Crippen LogP contribution in [0, 0.1) is 0 Å². The number of carbonyl (C=O) groups excluding carboxylic acids is 3. The molecule has 2 aliphatic heterocycles. The van der Waals surface area contributed by atoms with Gasteiger partial charge in [0.25, 0.3) is 5.91 Å². The standard InChI is InChI=1S/C17H20N2O5S/c1-17-8-7-15(21)19(17)13(10-25-17)16(22)24-9-14(20)18-11-3-5-12(23-2)6-4-11/h3-6,13H,7-10H2,1-2H3,(H,18,20)/t13-,17-/m1/s1. The number of anilines is 1. The van der Waals surface area contributed by atoms with Gasteiger partial charge < -0.3 is 19.7 Å². The minimum absolute atomic E-state index is 0.0304. The van der Waals surface area contributed by atoms with Gasteiger partial charge in [0.15, 0.2) is 6.61 Å². The van der Waals surface area contributed by atoms with Gasteiger partial charge in [-0.2, -0.15) is 0 Å². The molecule has 2 saturated heterocycles. The van der Waals surface area contributed by atoms with Crippen molar-refractivity contribution in [3.63, 3.8) is 0 Å². The minimum Gasteiger partial charge on any atom is -0.497 e. The Morgan fingerprint density at radius 3 is 2.76 bits per heavy atom. The monoisotopic (exact) mass is 364 g/mol. The SMILES string of the molecule is COc1ccc(NC(=O)COC(=O)[C@H]2CS[C@]3(C)CCC(=O)N23)cc1. The smallest absolute Gasteiger partial charge is 0.330 e. The predicted molar refractivity (Wildman–Crippen MR) is 93.3 cm³/mol. The molecule has 2 fully saturated rings. The molecular weight excluding hydrogens is 344 g/mol. The van der Waals surface area contributed by atoms with E-state index >= 15 is 0 Å². The molecule has 0 saturated carbocycles. The van der Waals surface area contributed by atoms with E-state index in [2.05, 4.69) is 5.32 Å². The largest absolute Gasteiger partial charge is 0.497 e. The molecule has 8 heteroatoms. The molecular formula is C17H20N2O5S. The van der Waals surface area contributed by atoms with Crippen molar-refractivity contribution in [3.8, 4) is 5.75 Å². The first-order valence-electron chi connectivity index (χ1n) is 7.99. The highest BCUT2D eigenvalue weighted by Gasteiger charge is 2.53. The summed E-state index contributed by atoms with van der Waals surface area (Å²) < 4.78 is 10.2. The van der Waals surface area contributed by atoms with Gasteiger partial charge in [-0.25, -0.2) is 4.79 Å². The molecule has 0 aliphatic carbocycles.